The molecule has 1 saturated heterocycles. The number of hydrogen-bond acceptors (Lipinski definition) is 6. The predicted octanol–water partition coefficient (Wildman–Crippen LogP) is 0.691. The molecule has 0 amide bonds. The van der Waals surface area contributed by atoms with Crippen LogP contribution in [0.5, 0.6) is 17.2 Å². The molecule has 1 heterocycles. The Morgan fingerprint density at radius 1 is 1.09 bits per heavy atom. The summed E-state index contributed by atoms with van der Waals surface area (Å²) in [5, 5.41) is 10.2. The first-order valence-electron chi connectivity index (χ1n) is 7.56. The number of ether oxygens (including phenoxy) is 3. The van der Waals surface area contributed by atoms with Gasteiger partial charge >= 0.3 is 0 Å². The van der Waals surface area contributed by atoms with Crippen LogP contribution in [0.15, 0.2) is 18.2 Å². The lowest BCUT2D eigenvalue weighted by molar-refractivity contribution is 0.0490. The van der Waals surface area contributed by atoms with Crippen LogP contribution in [-0.2, 0) is 0 Å². The number of methoxy groups -OCH3 is 2. The minimum absolute atomic E-state index is 0.211. The Morgan fingerprint density at radius 3 is 2.23 bits per heavy atom. The summed E-state index contributed by atoms with van der Waals surface area (Å²) in [6, 6.07) is 5.46. The van der Waals surface area contributed by atoms with Gasteiger partial charge in [-0.3, -0.25) is 4.90 Å². The van der Waals surface area contributed by atoms with E-state index in [1.807, 2.05) is 18.2 Å². The highest BCUT2D eigenvalue weighted by molar-refractivity contribution is 5.51. The highest BCUT2D eigenvalue weighted by Gasteiger charge is 2.19. The molecule has 0 saturated carbocycles. The van der Waals surface area contributed by atoms with Crippen molar-refractivity contribution < 1.29 is 19.3 Å². The van der Waals surface area contributed by atoms with E-state index in [0.717, 1.165) is 26.2 Å². The van der Waals surface area contributed by atoms with E-state index in [-0.39, 0.29) is 6.61 Å². The highest BCUT2D eigenvalue weighted by atomic mass is 16.5. The lowest BCUT2D eigenvalue weighted by Crippen LogP contribution is -2.47. The molecule has 6 heteroatoms. The van der Waals surface area contributed by atoms with Crippen LogP contribution in [0, 0.1) is 0 Å². The molecule has 1 aromatic carbocycles. The molecule has 22 heavy (non-hydrogen) atoms. The van der Waals surface area contributed by atoms with E-state index >= 15 is 0 Å². The van der Waals surface area contributed by atoms with Crippen molar-refractivity contribution in [1.29, 1.82) is 0 Å². The smallest absolute Gasteiger partial charge is 0.203 e. The number of β-amino-alcohol motifs (C(OH)–C–C–N with tert-alkyl or cyclic N) is 1. The van der Waals surface area contributed by atoms with E-state index in [4.69, 9.17) is 14.2 Å². The molecule has 0 unspecified atom stereocenters. The number of para-hydroxylation sites is 1. The third kappa shape index (κ3) is 4.50. The second-order valence-electron chi connectivity index (χ2n) is 5.56. The fraction of sp³-hybridized carbons (Fsp3) is 0.625. The van der Waals surface area contributed by atoms with Crippen LogP contribution in [0.4, 0.5) is 0 Å². The summed E-state index contributed by atoms with van der Waals surface area (Å²) in [6.45, 7) is 4.85. The molecule has 1 atom stereocenters. The van der Waals surface area contributed by atoms with Crippen LogP contribution >= 0.6 is 0 Å². The Balaban J connectivity index is 1.87. The molecule has 0 aliphatic carbocycles. The van der Waals surface area contributed by atoms with Gasteiger partial charge in [0.15, 0.2) is 11.5 Å². The van der Waals surface area contributed by atoms with Gasteiger partial charge in [0.2, 0.25) is 5.75 Å². The fourth-order valence-electron chi connectivity index (χ4n) is 2.52. The monoisotopic (exact) mass is 310 g/mol. The van der Waals surface area contributed by atoms with Gasteiger partial charge in [0.25, 0.3) is 0 Å². The van der Waals surface area contributed by atoms with Crippen LogP contribution in [0.3, 0.4) is 0 Å². The van der Waals surface area contributed by atoms with Crippen molar-refractivity contribution in [1.82, 2.24) is 9.80 Å². The van der Waals surface area contributed by atoms with Gasteiger partial charge in [0.1, 0.15) is 12.7 Å². The van der Waals surface area contributed by atoms with Gasteiger partial charge in [-0.15, -0.1) is 0 Å². The molecule has 2 rings (SSSR count). The Bertz CT molecular complexity index is 439. The number of nitrogens with zero attached hydrogens (tertiary/aromatic N) is 2. The van der Waals surface area contributed by atoms with Gasteiger partial charge in [0.05, 0.1) is 14.2 Å². The van der Waals surface area contributed by atoms with Crippen molar-refractivity contribution in [2.75, 3.05) is 60.6 Å². The molecule has 1 N–H and O–H groups in total. The SMILES string of the molecule is COc1cccc(OC)c1OC[C@@H](O)CN1CCN(C)CC1. The van der Waals surface area contributed by atoms with Gasteiger partial charge in [-0.05, 0) is 19.2 Å². The van der Waals surface area contributed by atoms with E-state index in [1.165, 1.54) is 0 Å². The lowest BCUT2D eigenvalue weighted by atomic mass is 10.2. The van der Waals surface area contributed by atoms with E-state index in [2.05, 4.69) is 16.8 Å². The minimum atomic E-state index is -0.543. The van der Waals surface area contributed by atoms with E-state index in [1.54, 1.807) is 14.2 Å². The maximum absolute atomic E-state index is 10.2. The van der Waals surface area contributed by atoms with Crippen LogP contribution in [-0.4, -0.2) is 81.6 Å². The maximum atomic E-state index is 10.2. The first-order chi connectivity index (χ1) is 10.6. The van der Waals surface area contributed by atoms with Gasteiger partial charge in [-0.2, -0.15) is 0 Å². The summed E-state index contributed by atoms with van der Waals surface area (Å²) in [4.78, 5) is 4.55. The highest BCUT2D eigenvalue weighted by Crippen LogP contribution is 2.36. The molecule has 1 aliphatic rings. The van der Waals surface area contributed by atoms with Crippen molar-refractivity contribution in [3.8, 4) is 17.2 Å². The topological polar surface area (TPSA) is 54.4 Å². The summed E-state index contributed by atoms with van der Waals surface area (Å²) in [6.07, 6.45) is -0.543. The number of rotatable bonds is 7. The molecule has 0 bridgehead atoms. The predicted molar refractivity (Wildman–Crippen MR) is 85.0 cm³/mol. The van der Waals surface area contributed by atoms with Gasteiger partial charge < -0.3 is 24.2 Å². The first kappa shape index (κ1) is 16.9. The van der Waals surface area contributed by atoms with Crippen molar-refractivity contribution >= 4 is 0 Å². The number of aliphatic hydroxyl groups excluding tert-OH is 1. The van der Waals surface area contributed by atoms with Crippen LogP contribution in [0.1, 0.15) is 0 Å². The third-order valence-corrected chi connectivity index (χ3v) is 3.87. The van der Waals surface area contributed by atoms with Crippen LogP contribution in [0.2, 0.25) is 0 Å². The second-order valence-corrected chi connectivity index (χ2v) is 5.56. The minimum Gasteiger partial charge on any atom is -0.493 e. The second kappa shape index (κ2) is 8.22. The summed E-state index contributed by atoms with van der Waals surface area (Å²) in [5.74, 6) is 1.74. The molecule has 0 radical (unpaired) electrons. The van der Waals surface area contributed by atoms with Crippen LogP contribution in [0.25, 0.3) is 0 Å². The van der Waals surface area contributed by atoms with Gasteiger partial charge in [0, 0.05) is 32.7 Å². The number of aliphatic hydroxyl groups is 1. The quantitative estimate of drug-likeness (QED) is 0.800. The van der Waals surface area contributed by atoms with Crippen molar-refractivity contribution in [2.45, 2.75) is 6.10 Å². The summed E-state index contributed by atoms with van der Waals surface area (Å²) < 4.78 is 16.3. The molecule has 1 aromatic rings. The third-order valence-electron chi connectivity index (χ3n) is 3.87. The molecule has 0 aromatic heterocycles. The molecule has 6 nitrogen and oxygen atoms in total. The number of benzene rings is 1. The first-order valence-corrected chi connectivity index (χ1v) is 7.56. The Labute approximate surface area is 132 Å². The Morgan fingerprint density at radius 2 is 1.68 bits per heavy atom. The summed E-state index contributed by atoms with van der Waals surface area (Å²) in [7, 11) is 5.29. The number of hydrogen-bond donors (Lipinski definition) is 1. The van der Waals surface area contributed by atoms with E-state index < -0.39 is 6.10 Å². The average Bonchev–Trinajstić information content (AvgIpc) is 2.54. The zero-order valence-electron chi connectivity index (χ0n) is 13.6. The molecular formula is C16H26N2O4. The standard InChI is InChI=1S/C16H26N2O4/c1-17-7-9-18(10-8-17)11-13(19)12-22-16-14(20-2)5-4-6-15(16)21-3/h4-6,13,19H,7-12H2,1-3H3/t13-/m0/s1. The average molecular weight is 310 g/mol. The fourth-order valence-corrected chi connectivity index (χ4v) is 2.52. The lowest BCUT2D eigenvalue weighted by Gasteiger charge is -2.33. The van der Waals surface area contributed by atoms with Crippen molar-refractivity contribution in [2.24, 2.45) is 0 Å². The normalized spacial score (nSPS) is 18.0. The summed E-state index contributed by atoms with van der Waals surface area (Å²) >= 11 is 0. The largest absolute Gasteiger partial charge is 0.493 e. The summed E-state index contributed by atoms with van der Waals surface area (Å²) in [5.41, 5.74) is 0. The maximum Gasteiger partial charge on any atom is 0.203 e. The molecule has 124 valence electrons. The Kier molecular flexibility index (Phi) is 6.30. The van der Waals surface area contributed by atoms with E-state index in [0.29, 0.717) is 23.8 Å². The van der Waals surface area contributed by atoms with Crippen LogP contribution < -0.4 is 14.2 Å². The zero-order valence-corrected chi connectivity index (χ0v) is 13.6. The molecule has 0 spiro atoms. The van der Waals surface area contributed by atoms with Crippen molar-refractivity contribution in [3.63, 3.8) is 0 Å². The van der Waals surface area contributed by atoms with Crippen molar-refractivity contribution in [3.05, 3.63) is 18.2 Å². The molecule has 1 aliphatic heterocycles. The van der Waals surface area contributed by atoms with Gasteiger partial charge in [-0.25, -0.2) is 0 Å². The number of piperazine rings is 1. The number of likely N-dealkylation sites (N-methyl/N-ethyl adjacent to an activating group) is 1. The molecule has 1 fully saturated rings. The van der Waals surface area contributed by atoms with Gasteiger partial charge in [-0.1, -0.05) is 6.07 Å². The van der Waals surface area contributed by atoms with E-state index in [9.17, 15) is 5.11 Å². The molecular weight excluding hydrogens is 284 g/mol. The zero-order chi connectivity index (χ0) is 15.9. The Hall–Kier alpha value is -1.50.